The lowest BCUT2D eigenvalue weighted by Crippen LogP contribution is -2.04. The van der Waals surface area contributed by atoms with Crippen molar-refractivity contribution in [3.05, 3.63) is 11.6 Å². The Balaban J connectivity index is 3.26. The molecule has 0 radical (unpaired) electrons. The highest BCUT2D eigenvalue weighted by Gasteiger charge is 2.01. The van der Waals surface area contributed by atoms with E-state index in [-0.39, 0.29) is 5.97 Å². The smallest absolute Gasteiger partial charge is 0.306 e. The van der Waals surface area contributed by atoms with E-state index in [1.807, 2.05) is 19.9 Å². The van der Waals surface area contributed by atoms with Crippen LogP contribution < -0.4 is 0 Å². The molecule has 0 heterocycles. The number of terminal acetylenes is 1. The van der Waals surface area contributed by atoms with Crippen LogP contribution in [0, 0.1) is 12.3 Å². The Morgan fingerprint density at radius 1 is 1.11 bits per heavy atom. The number of esters is 1. The van der Waals surface area contributed by atoms with Gasteiger partial charge in [-0.05, 0) is 32.8 Å². The molecule has 0 bridgehead atoms. The zero-order valence-electron chi connectivity index (χ0n) is 11.8. The first kappa shape index (κ1) is 16.8. The first-order valence-electron chi connectivity index (χ1n) is 6.89. The number of rotatable bonds is 10. The van der Waals surface area contributed by atoms with Gasteiger partial charge in [0, 0.05) is 12.8 Å². The van der Waals surface area contributed by atoms with E-state index in [0.717, 1.165) is 25.7 Å². The van der Waals surface area contributed by atoms with Crippen molar-refractivity contribution in [1.82, 2.24) is 0 Å². The highest BCUT2D eigenvalue weighted by molar-refractivity contribution is 5.69. The van der Waals surface area contributed by atoms with Gasteiger partial charge in [-0.25, -0.2) is 0 Å². The van der Waals surface area contributed by atoms with E-state index in [1.54, 1.807) is 0 Å². The average Bonchev–Trinajstić information content (AvgIpc) is 2.32. The van der Waals surface area contributed by atoms with Gasteiger partial charge in [0.05, 0.1) is 0 Å². The molecule has 0 aromatic heterocycles. The van der Waals surface area contributed by atoms with Gasteiger partial charge in [-0.2, -0.15) is 0 Å². The van der Waals surface area contributed by atoms with Gasteiger partial charge < -0.3 is 4.74 Å². The van der Waals surface area contributed by atoms with Crippen LogP contribution in [0.25, 0.3) is 0 Å². The minimum Gasteiger partial charge on any atom is -0.461 e. The molecule has 102 valence electrons. The van der Waals surface area contributed by atoms with Crippen molar-refractivity contribution in [2.45, 2.75) is 65.2 Å². The van der Waals surface area contributed by atoms with Crippen molar-refractivity contribution in [3.8, 4) is 12.3 Å². The number of unbranched alkanes of at least 4 members (excludes halogenated alkanes) is 6. The predicted octanol–water partition coefficient (Wildman–Crippen LogP) is 4.25. The Labute approximate surface area is 112 Å². The molecule has 0 aliphatic carbocycles. The number of carbonyl (C=O) groups excluding carboxylic acids is 1. The number of carbonyl (C=O) groups is 1. The van der Waals surface area contributed by atoms with Gasteiger partial charge >= 0.3 is 5.97 Å². The molecule has 0 aromatic carbocycles. The molecule has 0 fully saturated rings. The minimum absolute atomic E-state index is 0.0835. The minimum atomic E-state index is -0.0835. The maximum atomic E-state index is 11.3. The summed E-state index contributed by atoms with van der Waals surface area (Å²) in [6.45, 7) is 4.40. The zero-order valence-corrected chi connectivity index (χ0v) is 11.8. The largest absolute Gasteiger partial charge is 0.461 e. The van der Waals surface area contributed by atoms with Crippen LogP contribution in [-0.2, 0) is 9.53 Å². The molecule has 0 unspecified atom stereocenters. The second-order valence-corrected chi connectivity index (χ2v) is 4.79. The van der Waals surface area contributed by atoms with Crippen molar-refractivity contribution >= 4 is 5.97 Å². The van der Waals surface area contributed by atoms with Gasteiger partial charge in [0.15, 0.2) is 0 Å². The summed E-state index contributed by atoms with van der Waals surface area (Å²) in [5.74, 6) is 2.56. The van der Waals surface area contributed by atoms with Crippen molar-refractivity contribution in [1.29, 1.82) is 0 Å². The number of ether oxygens (including phenoxy) is 1. The fourth-order valence-electron chi connectivity index (χ4n) is 1.58. The van der Waals surface area contributed by atoms with Crippen LogP contribution in [0.4, 0.5) is 0 Å². The third-order valence-electron chi connectivity index (χ3n) is 2.69. The standard InChI is InChI=1S/C16H26O2/c1-4-5-6-7-8-9-10-11-12-16(17)18-14-13-15(2)3/h1,13H,5-12,14H2,2-3H3. The third-order valence-corrected chi connectivity index (χ3v) is 2.69. The topological polar surface area (TPSA) is 26.3 Å². The Morgan fingerprint density at radius 3 is 2.33 bits per heavy atom. The van der Waals surface area contributed by atoms with Gasteiger partial charge in [0.25, 0.3) is 0 Å². The number of hydrogen-bond donors (Lipinski definition) is 0. The zero-order chi connectivity index (χ0) is 13.6. The van der Waals surface area contributed by atoms with Gasteiger partial charge in [-0.1, -0.05) is 31.3 Å². The van der Waals surface area contributed by atoms with E-state index in [0.29, 0.717) is 13.0 Å². The highest BCUT2D eigenvalue weighted by atomic mass is 16.5. The predicted molar refractivity (Wildman–Crippen MR) is 76.2 cm³/mol. The Kier molecular flexibility index (Phi) is 11.4. The lowest BCUT2D eigenvalue weighted by Gasteiger charge is -2.02. The van der Waals surface area contributed by atoms with E-state index in [2.05, 4.69) is 5.92 Å². The number of hydrogen-bond acceptors (Lipinski definition) is 2. The second kappa shape index (κ2) is 12.2. The number of allylic oxidation sites excluding steroid dienone is 1. The molecule has 0 atom stereocenters. The summed E-state index contributed by atoms with van der Waals surface area (Å²) in [5, 5.41) is 0. The normalized spacial score (nSPS) is 9.61. The SMILES string of the molecule is C#CCCCCCCCCC(=O)OCC=C(C)C. The molecular formula is C16H26O2. The summed E-state index contributed by atoms with van der Waals surface area (Å²) in [7, 11) is 0. The third kappa shape index (κ3) is 12.8. The van der Waals surface area contributed by atoms with Crippen LogP contribution in [0.3, 0.4) is 0 Å². The van der Waals surface area contributed by atoms with Crippen molar-refractivity contribution in [3.63, 3.8) is 0 Å². The molecular weight excluding hydrogens is 224 g/mol. The van der Waals surface area contributed by atoms with Crippen molar-refractivity contribution in [2.75, 3.05) is 6.61 Å². The Morgan fingerprint density at radius 2 is 1.72 bits per heavy atom. The summed E-state index contributed by atoms with van der Waals surface area (Å²) >= 11 is 0. The molecule has 0 amide bonds. The molecule has 2 heteroatoms. The molecule has 0 aliphatic heterocycles. The van der Waals surface area contributed by atoms with Crippen LogP contribution in [0.15, 0.2) is 11.6 Å². The van der Waals surface area contributed by atoms with Crippen LogP contribution in [-0.4, -0.2) is 12.6 Å². The first-order chi connectivity index (χ1) is 8.66. The Hall–Kier alpha value is -1.23. The Bertz CT molecular complexity index is 280. The molecule has 0 aliphatic rings. The lowest BCUT2D eigenvalue weighted by molar-refractivity contribution is -0.142. The highest BCUT2D eigenvalue weighted by Crippen LogP contribution is 2.08. The van der Waals surface area contributed by atoms with Crippen LogP contribution in [0.1, 0.15) is 65.2 Å². The molecule has 0 saturated carbocycles. The van der Waals surface area contributed by atoms with Crippen LogP contribution >= 0.6 is 0 Å². The van der Waals surface area contributed by atoms with Crippen LogP contribution in [0.2, 0.25) is 0 Å². The van der Waals surface area contributed by atoms with E-state index < -0.39 is 0 Å². The molecule has 2 nitrogen and oxygen atoms in total. The van der Waals surface area contributed by atoms with Crippen LogP contribution in [0.5, 0.6) is 0 Å². The molecule has 0 saturated heterocycles. The maximum absolute atomic E-state index is 11.3. The summed E-state index contributed by atoms with van der Waals surface area (Å²) in [6.07, 6.45) is 15.3. The van der Waals surface area contributed by atoms with E-state index in [9.17, 15) is 4.79 Å². The summed E-state index contributed by atoms with van der Waals surface area (Å²) in [6, 6.07) is 0. The monoisotopic (exact) mass is 250 g/mol. The van der Waals surface area contributed by atoms with Gasteiger partial charge in [-0.3, -0.25) is 4.79 Å². The molecule has 18 heavy (non-hydrogen) atoms. The molecule has 0 aromatic rings. The fraction of sp³-hybridized carbons (Fsp3) is 0.688. The first-order valence-corrected chi connectivity index (χ1v) is 6.89. The summed E-state index contributed by atoms with van der Waals surface area (Å²) in [5.41, 5.74) is 1.18. The average molecular weight is 250 g/mol. The summed E-state index contributed by atoms with van der Waals surface area (Å²) < 4.78 is 5.08. The molecule has 0 rings (SSSR count). The quantitative estimate of drug-likeness (QED) is 0.251. The summed E-state index contributed by atoms with van der Waals surface area (Å²) in [4.78, 5) is 11.3. The van der Waals surface area contributed by atoms with E-state index in [1.165, 1.54) is 24.8 Å². The van der Waals surface area contributed by atoms with Crippen molar-refractivity contribution in [2.24, 2.45) is 0 Å². The van der Waals surface area contributed by atoms with Crippen molar-refractivity contribution < 1.29 is 9.53 Å². The molecule has 0 spiro atoms. The van der Waals surface area contributed by atoms with E-state index in [4.69, 9.17) is 11.2 Å². The van der Waals surface area contributed by atoms with Gasteiger partial charge in [-0.15, -0.1) is 12.3 Å². The van der Waals surface area contributed by atoms with Gasteiger partial charge in [0.2, 0.25) is 0 Å². The van der Waals surface area contributed by atoms with E-state index >= 15 is 0 Å². The second-order valence-electron chi connectivity index (χ2n) is 4.79. The maximum Gasteiger partial charge on any atom is 0.306 e. The lowest BCUT2D eigenvalue weighted by atomic mass is 10.1. The fourth-order valence-corrected chi connectivity index (χ4v) is 1.58. The molecule has 0 N–H and O–H groups in total. The van der Waals surface area contributed by atoms with Gasteiger partial charge in [0.1, 0.15) is 6.61 Å².